The van der Waals surface area contributed by atoms with Crippen molar-refractivity contribution in [3.63, 3.8) is 0 Å². The summed E-state index contributed by atoms with van der Waals surface area (Å²) < 4.78 is 2.49. The zero-order chi connectivity index (χ0) is 25.5. The lowest BCUT2D eigenvalue weighted by Crippen LogP contribution is -2.39. The fraction of sp³-hybridized carbons (Fsp3) is 0.467. The number of hydrogen-bond acceptors (Lipinski definition) is 3. The first-order chi connectivity index (χ1) is 18.0. The highest BCUT2D eigenvalue weighted by Crippen LogP contribution is 2.45. The molecule has 3 aromatic rings. The van der Waals surface area contributed by atoms with Gasteiger partial charge in [0.1, 0.15) is 6.04 Å². The lowest BCUT2D eigenvalue weighted by molar-refractivity contribution is 0.357. The van der Waals surface area contributed by atoms with E-state index in [1.807, 2.05) is 12.3 Å². The Labute approximate surface area is 230 Å². The zero-order valence-electron chi connectivity index (χ0n) is 21.7. The molecule has 37 heavy (non-hydrogen) atoms. The molecule has 1 aliphatic carbocycles. The van der Waals surface area contributed by atoms with Gasteiger partial charge in [-0.1, -0.05) is 44.4 Å². The van der Waals surface area contributed by atoms with Crippen molar-refractivity contribution in [2.75, 3.05) is 22.9 Å². The van der Waals surface area contributed by atoms with Crippen LogP contribution in [-0.2, 0) is 0 Å². The first-order valence-electron chi connectivity index (χ1n) is 13.7. The molecule has 7 heteroatoms. The summed E-state index contributed by atoms with van der Waals surface area (Å²) >= 11 is 13.0. The molecule has 2 saturated heterocycles. The van der Waals surface area contributed by atoms with E-state index < -0.39 is 0 Å². The maximum absolute atomic E-state index is 7.00. The molecular weight excluding hydrogens is 498 g/mol. The van der Waals surface area contributed by atoms with Crippen LogP contribution < -0.4 is 15.1 Å². The molecule has 3 aliphatic rings. The van der Waals surface area contributed by atoms with Gasteiger partial charge in [0.2, 0.25) is 0 Å². The van der Waals surface area contributed by atoms with E-state index in [2.05, 4.69) is 82.2 Å². The SMILES string of the molecule is C[C@@H]1C[C@H](C)CN(c2ccc(N3C(=S)N[C@@H](c4ccccn4)[C@@H]3c3cccn3C3CCCC3)cc2Cl)C1. The van der Waals surface area contributed by atoms with Crippen LogP contribution in [0.15, 0.2) is 60.9 Å². The van der Waals surface area contributed by atoms with Crippen LogP contribution in [-0.4, -0.2) is 27.8 Å². The van der Waals surface area contributed by atoms with Gasteiger partial charge in [-0.15, -0.1) is 0 Å². The third-order valence-corrected chi connectivity index (χ3v) is 8.97. The Balaban J connectivity index is 1.39. The number of benzene rings is 1. The number of rotatable bonds is 5. The van der Waals surface area contributed by atoms with Crippen molar-refractivity contribution in [1.82, 2.24) is 14.9 Å². The molecule has 1 saturated carbocycles. The Kier molecular flexibility index (Phi) is 6.89. The Morgan fingerprint density at radius 3 is 2.49 bits per heavy atom. The number of hydrogen-bond donors (Lipinski definition) is 1. The van der Waals surface area contributed by atoms with Gasteiger partial charge in [0.05, 0.1) is 22.4 Å². The maximum Gasteiger partial charge on any atom is 0.174 e. The average Bonchev–Trinajstić information content (AvgIpc) is 3.63. The van der Waals surface area contributed by atoms with Gasteiger partial charge in [0.25, 0.3) is 0 Å². The second-order valence-electron chi connectivity index (χ2n) is 11.3. The lowest BCUT2D eigenvalue weighted by Gasteiger charge is -2.37. The van der Waals surface area contributed by atoms with Crippen molar-refractivity contribution in [3.05, 3.63) is 77.3 Å². The van der Waals surface area contributed by atoms with Crippen LogP contribution in [0.4, 0.5) is 11.4 Å². The molecule has 0 spiro atoms. The summed E-state index contributed by atoms with van der Waals surface area (Å²) in [5, 5.41) is 5.11. The van der Waals surface area contributed by atoms with Gasteiger partial charge in [-0.25, -0.2) is 0 Å². The van der Waals surface area contributed by atoms with Crippen molar-refractivity contribution in [3.8, 4) is 0 Å². The van der Waals surface area contributed by atoms with E-state index in [0.29, 0.717) is 23.0 Å². The van der Waals surface area contributed by atoms with Crippen LogP contribution in [0, 0.1) is 11.8 Å². The monoisotopic (exact) mass is 533 g/mol. The van der Waals surface area contributed by atoms with E-state index in [0.717, 1.165) is 35.2 Å². The minimum absolute atomic E-state index is 0.0186. The summed E-state index contributed by atoms with van der Waals surface area (Å²) in [5.41, 5.74) is 4.41. The summed E-state index contributed by atoms with van der Waals surface area (Å²) in [5.74, 6) is 1.34. The largest absolute Gasteiger partial charge is 0.370 e. The Morgan fingerprint density at radius 2 is 1.78 bits per heavy atom. The summed E-state index contributed by atoms with van der Waals surface area (Å²) in [7, 11) is 0. The third-order valence-electron chi connectivity index (χ3n) is 8.35. The normalized spacial score (nSPS) is 26.6. The molecule has 6 rings (SSSR count). The Bertz CT molecular complexity index is 1240. The Hall–Kier alpha value is -2.57. The van der Waals surface area contributed by atoms with E-state index in [1.165, 1.54) is 37.8 Å². The first-order valence-corrected chi connectivity index (χ1v) is 14.5. The molecule has 0 amide bonds. The molecule has 4 heterocycles. The van der Waals surface area contributed by atoms with Crippen molar-refractivity contribution in [1.29, 1.82) is 0 Å². The summed E-state index contributed by atoms with van der Waals surface area (Å²) in [6, 6.07) is 17.5. The second kappa shape index (κ2) is 10.3. The van der Waals surface area contributed by atoms with Gasteiger partial charge >= 0.3 is 0 Å². The summed E-state index contributed by atoms with van der Waals surface area (Å²) in [4.78, 5) is 9.43. The minimum atomic E-state index is -0.0500. The molecule has 1 aromatic carbocycles. The van der Waals surface area contributed by atoms with Gasteiger partial charge in [-0.05, 0) is 85.8 Å². The van der Waals surface area contributed by atoms with E-state index in [1.54, 1.807) is 0 Å². The third kappa shape index (κ3) is 4.74. The lowest BCUT2D eigenvalue weighted by atomic mass is 9.91. The van der Waals surface area contributed by atoms with Gasteiger partial charge in [-0.2, -0.15) is 0 Å². The van der Waals surface area contributed by atoms with Crippen LogP contribution >= 0.6 is 23.8 Å². The molecule has 0 radical (unpaired) electrons. The molecule has 2 aromatic heterocycles. The predicted octanol–water partition coefficient (Wildman–Crippen LogP) is 7.31. The first kappa shape index (κ1) is 24.7. The number of aromatic nitrogens is 2. The molecule has 1 N–H and O–H groups in total. The molecule has 0 bridgehead atoms. The van der Waals surface area contributed by atoms with Gasteiger partial charge in [0, 0.05) is 42.9 Å². The standard InChI is InChI=1S/C30H36ClN5S/c1-20-16-21(2)19-34(18-20)26-13-12-23(17-24(26)31)36-29(27-11-7-15-35(27)22-8-3-4-9-22)28(33-30(36)37)25-10-5-6-14-32-25/h5-7,10-15,17,20-22,28-29H,3-4,8-9,16,18-19H2,1-2H3,(H,33,37)/t20-,21+,28-,29-/m0/s1. The van der Waals surface area contributed by atoms with E-state index in [9.17, 15) is 0 Å². The van der Waals surface area contributed by atoms with Crippen LogP contribution in [0.2, 0.25) is 5.02 Å². The molecule has 194 valence electrons. The number of anilines is 2. The molecule has 5 nitrogen and oxygen atoms in total. The van der Waals surface area contributed by atoms with Crippen molar-refractivity contribution >= 4 is 40.3 Å². The molecule has 3 fully saturated rings. The quantitative estimate of drug-likeness (QED) is 0.348. The van der Waals surface area contributed by atoms with E-state index in [4.69, 9.17) is 28.8 Å². The van der Waals surface area contributed by atoms with E-state index in [-0.39, 0.29) is 12.1 Å². The molecular formula is C30H36ClN5S. The van der Waals surface area contributed by atoms with Gasteiger partial charge < -0.3 is 19.7 Å². The number of nitrogens with one attached hydrogen (secondary N) is 1. The Morgan fingerprint density at radius 1 is 1.00 bits per heavy atom. The maximum atomic E-state index is 7.00. The fourth-order valence-corrected chi connectivity index (χ4v) is 7.51. The van der Waals surface area contributed by atoms with E-state index >= 15 is 0 Å². The fourth-order valence-electron chi connectivity index (χ4n) is 6.87. The van der Waals surface area contributed by atoms with Crippen LogP contribution in [0.5, 0.6) is 0 Å². The highest BCUT2D eigenvalue weighted by atomic mass is 35.5. The number of nitrogens with zero attached hydrogens (tertiary/aromatic N) is 4. The minimum Gasteiger partial charge on any atom is -0.370 e. The molecule has 4 atom stereocenters. The molecule has 2 aliphatic heterocycles. The molecule has 0 unspecified atom stereocenters. The summed E-state index contributed by atoms with van der Waals surface area (Å²) in [6.07, 6.45) is 10.4. The zero-order valence-corrected chi connectivity index (χ0v) is 23.3. The average molecular weight is 534 g/mol. The smallest absolute Gasteiger partial charge is 0.174 e. The van der Waals surface area contributed by atoms with Gasteiger partial charge in [0.15, 0.2) is 5.11 Å². The number of thiocarbonyl (C=S) groups is 1. The highest BCUT2D eigenvalue weighted by Gasteiger charge is 2.43. The second-order valence-corrected chi connectivity index (χ2v) is 12.1. The van der Waals surface area contributed by atoms with Gasteiger partial charge in [-0.3, -0.25) is 4.98 Å². The van der Waals surface area contributed by atoms with Crippen molar-refractivity contribution < 1.29 is 0 Å². The topological polar surface area (TPSA) is 36.3 Å². The van der Waals surface area contributed by atoms with Crippen LogP contribution in [0.1, 0.15) is 75.5 Å². The number of halogens is 1. The highest BCUT2D eigenvalue weighted by molar-refractivity contribution is 7.80. The van der Waals surface area contributed by atoms with Crippen molar-refractivity contribution in [2.45, 2.75) is 64.1 Å². The predicted molar refractivity (Wildman–Crippen MR) is 156 cm³/mol. The van der Waals surface area contributed by atoms with Crippen LogP contribution in [0.25, 0.3) is 0 Å². The summed E-state index contributed by atoms with van der Waals surface area (Å²) in [6.45, 7) is 6.76. The number of pyridine rings is 1. The number of piperidine rings is 1. The van der Waals surface area contributed by atoms with Crippen LogP contribution in [0.3, 0.4) is 0 Å². The van der Waals surface area contributed by atoms with Crippen molar-refractivity contribution in [2.24, 2.45) is 11.8 Å².